The molecule has 4 rings (SSSR count). The summed E-state index contributed by atoms with van der Waals surface area (Å²) in [7, 11) is 1.83. The summed E-state index contributed by atoms with van der Waals surface area (Å²) in [5.41, 5.74) is 1.29. The highest BCUT2D eigenvalue weighted by molar-refractivity contribution is 5.79. The van der Waals surface area contributed by atoms with Gasteiger partial charge in [-0.1, -0.05) is 49.1 Å². The SMILES string of the molecule is CNCC#Cc1ccc2c(=O)n(CC3(O)CCN(C(=O)C[C@@H](C)c4ccccc4)CC3)cnc2c1. The molecule has 1 saturated heterocycles. The van der Waals surface area contributed by atoms with Crippen molar-refractivity contribution in [3.63, 3.8) is 0 Å². The normalized spacial score (nSPS) is 15.9. The van der Waals surface area contributed by atoms with E-state index >= 15 is 0 Å². The Morgan fingerprint density at radius 1 is 1.20 bits per heavy atom. The molecule has 0 spiro atoms. The first kappa shape index (κ1) is 24.6. The van der Waals surface area contributed by atoms with Crippen LogP contribution in [0.15, 0.2) is 59.7 Å². The van der Waals surface area contributed by atoms with Gasteiger partial charge < -0.3 is 15.3 Å². The van der Waals surface area contributed by atoms with Crippen LogP contribution in [-0.4, -0.2) is 57.7 Å². The molecule has 2 heterocycles. The molecule has 1 atom stereocenters. The molecule has 0 radical (unpaired) electrons. The number of rotatable bonds is 6. The van der Waals surface area contributed by atoms with Crippen LogP contribution >= 0.6 is 0 Å². The van der Waals surface area contributed by atoms with Crippen LogP contribution in [0.2, 0.25) is 0 Å². The van der Waals surface area contributed by atoms with E-state index in [0.29, 0.717) is 49.8 Å². The van der Waals surface area contributed by atoms with E-state index < -0.39 is 5.60 Å². The summed E-state index contributed by atoms with van der Waals surface area (Å²) in [6, 6.07) is 15.4. The Kier molecular flexibility index (Phi) is 7.64. The second kappa shape index (κ2) is 10.9. The van der Waals surface area contributed by atoms with Crippen LogP contribution in [0.4, 0.5) is 0 Å². The van der Waals surface area contributed by atoms with Crippen molar-refractivity contribution >= 4 is 16.8 Å². The minimum atomic E-state index is -1.06. The van der Waals surface area contributed by atoms with Crippen LogP contribution in [0, 0.1) is 11.8 Å². The summed E-state index contributed by atoms with van der Waals surface area (Å²) >= 11 is 0. The fraction of sp³-hybridized carbons (Fsp3) is 0.393. The van der Waals surface area contributed by atoms with Crippen molar-refractivity contribution in [3.05, 3.63) is 76.3 Å². The smallest absolute Gasteiger partial charge is 0.261 e. The summed E-state index contributed by atoms with van der Waals surface area (Å²) in [5, 5.41) is 14.7. The van der Waals surface area contributed by atoms with Crippen molar-refractivity contribution in [2.45, 2.75) is 44.2 Å². The van der Waals surface area contributed by atoms with Crippen molar-refractivity contribution in [3.8, 4) is 11.8 Å². The van der Waals surface area contributed by atoms with Crippen molar-refractivity contribution in [2.75, 3.05) is 26.7 Å². The minimum absolute atomic E-state index is 0.0987. The third kappa shape index (κ3) is 5.97. The number of benzene rings is 2. The fourth-order valence-corrected chi connectivity index (χ4v) is 4.52. The largest absolute Gasteiger partial charge is 0.388 e. The van der Waals surface area contributed by atoms with Gasteiger partial charge in [0.2, 0.25) is 5.91 Å². The van der Waals surface area contributed by atoms with E-state index in [1.165, 1.54) is 10.9 Å². The number of aromatic nitrogens is 2. The molecule has 2 aromatic carbocycles. The zero-order valence-electron chi connectivity index (χ0n) is 20.3. The van der Waals surface area contributed by atoms with Crippen molar-refractivity contribution in [1.29, 1.82) is 0 Å². The highest BCUT2D eigenvalue weighted by Crippen LogP contribution is 2.26. The highest BCUT2D eigenvalue weighted by atomic mass is 16.3. The van der Waals surface area contributed by atoms with Gasteiger partial charge in [0.1, 0.15) is 0 Å². The lowest BCUT2D eigenvalue weighted by atomic mass is 9.90. The molecule has 3 aromatic rings. The summed E-state index contributed by atoms with van der Waals surface area (Å²) in [5.74, 6) is 6.28. The molecule has 0 saturated carbocycles. The molecular formula is C28H32N4O3. The average molecular weight is 473 g/mol. The van der Waals surface area contributed by atoms with Crippen molar-refractivity contribution in [1.82, 2.24) is 19.8 Å². The second-order valence-corrected chi connectivity index (χ2v) is 9.36. The lowest BCUT2D eigenvalue weighted by Gasteiger charge is -2.38. The molecule has 1 aromatic heterocycles. The molecule has 2 N–H and O–H groups in total. The van der Waals surface area contributed by atoms with E-state index in [1.807, 2.05) is 48.3 Å². The molecule has 7 heteroatoms. The lowest BCUT2D eigenvalue weighted by molar-refractivity contribution is -0.136. The van der Waals surface area contributed by atoms with Crippen molar-refractivity contribution < 1.29 is 9.90 Å². The van der Waals surface area contributed by atoms with E-state index in [-0.39, 0.29) is 23.9 Å². The lowest BCUT2D eigenvalue weighted by Crippen LogP contribution is -2.49. The maximum Gasteiger partial charge on any atom is 0.261 e. The number of hydrogen-bond donors (Lipinski definition) is 2. The predicted molar refractivity (Wildman–Crippen MR) is 137 cm³/mol. The monoisotopic (exact) mass is 472 g/mol. The number of amides is 1. The Hall–Kier alpha value is -3.47. The van der Waals surface area contributed by atoms with Crippen LogP contribution in [0.5, 0.6) is 0 Å². The zero-order chi connectivity index (χ0) is 24.8. The Labute approximate surface area is 205 Å². The second-order valence-electron chi connectivity index (χ2n) is 9.36. The van der Waals surface area contributed by atoms with E-state index in [2.05, 4.69) is 29.1 Å². The van der Waals surface area contributed by atoms with Crippen LogP contribution in [-0.2, 0) is 11.3 Å². The number of piperidine rings is 1. The van der Waals surface area contributed by atoms with Crippen LogP contribution < -0.4 is 10.9 Å². The Morgan fingerprint density at radius 2 is 1.94 bits per heavy atom. The molecule has 0 aliphatic carbocycles. The first-order valence-corrected chi connectivity index (χ1v) is 12.1. The van der Waals surface area contributed by atoms with Crippen LogP contribution in [0.25, 0.3) is 10.9 Å². The average Bonchev–Trinajstić information content (AvgIpc) is 2.87. The summed E-state index contributed by atoms with van der Waals surface area (Å²) < 4.78 is 1.48. The number of carbonyl (C=O) groups excluding carboxylic acids is 1. The maximum atomic E-state index is 13.0. The van der Waals surface area contributed by atoms with Gasteiger partial charge in [0.15, 0.2) is 0 Å². The van der Waals surface area contributed by atoms with Gasteiger partial charge >= 0.3 is 0 Å². The van der Waals surface area contributed by atoms with E-state index in [1.54, 1.807) is 12.1 Å². The number of likely N-dealkylation sites (tertiary alicyclic amines) is 1. The molecule has 7 nitrogen and oxygen atoms in total. The Morgan fingerprint density at radius 3 is 2.66 bits per heavy atom. The first-order valence-electron chi connectivity index (χ1n) is 12.1. The third-order valence-corrected chi connectivity index (χ3v) is 6.68. The number of aliphatic hydroxyl groups is 1. The van der Waals surface area contributed by atoms with E-state index in [9.17, 15) is 14.7 Å². The fourth-order valence-electron chi connectivity index (χ4n) is 4.52. The molecule has 35 heavy (non-hydrogen) atoms. The van der Waals surface area contributed by atoms with Crippen LogP contribution in [0.3, 0.4) is 0 Å². The van der Waals surface area contributed by atoms with Gasteiger partial charge in [-0.2, -0.15) is 0 Å². The van der Waals surface area contributed by atoms with Gasteiger partial charge in [0, 0.05) is 25.1 Å². The van der Waals surface area contributed by atoms with Gasteiger partial charge in [-0.05, 0) is 49.6 Å². The van der Waals surface area contributed by atoms with Crippen LogP contribution in [0.1, 0.15) is 43.2 Å². The number of fused-ring (bicyclic) bond motifs is 1. The Balaban J connectivity index is 1.39. The van der Waals surface area contributed by atoms with E-state index in [0.717, 1.165) is 11.1 Å². The number of nitrogens with one attached hydrogen (secondary N) is 1. The number of carbonyl (C=O) groups is 1. The molecule has 182 valence electrons. The molecule has 1 amide bonds. The number of hydrogen-bond acceptors (Lipinski definition) is 5. The van der Waals surface area contributed by atoms with Gasteiger partial charge in [-0.25, -0.2) is 4.98 Å². The summed E-state index contributed by atoms with van der Waals surface area (Å²) in [6.45, 7) is 3.74. The zero-order valence-corrected chi connectivity index (χ0v) is 20.3. The van der Waals surface area contributed by atoms with Crippen molar-refractivity contribution in [2.24, 2.45) is 0 Å². The quantitative estimate of drug-likeness (QED) is 0.539. The van der Waals surface area contributed by atoms with E-state index in [4.69, 9.17) is 0 Å². The third-order valence-electron chi connectivity index (χ3n) is 6.68. The Bertz CT molecular complexity index is 1300. The van der Waals surface area contributed by atoms with Gasteiger partial charge in [0.05, 0.1) is 35.9 Å². The van der Waals surface area contributed by atoms with Gasteiger partial charge in [-0.15, -0.1) is 0 Å². The summed E-state index contributed by atoms with van der Waals surface area (Å²) in [4.78, 5) is 32.1. The molecule has 1 aliphatic heterocycles. The summed E-state index contributed by atoms with van der Waals surface area (Å²) in [6.07, 6.45) is 2.77. The first-order chi connectivity index (χ1) is 16.9. The molecule has 0 unspecified atom stereocenters. The molecule has 0 bridgehead atoms. The highest BCUT2D eigenvalue weighted by Gasteiger charge is 2.35. The molecule has 1 fully saturated rings. The predicted octanol–water partition coefficient (Wildman–Crippen LogP) is 2.51. The maximum absolute atomic E-state index is 13.0. The topological polar surface area (TPSA) is 87.5 Å². The molecule has 1 aliphatic rings. The molecular weight excluding hydrogens is 440 g/mol. The standard InChI is InChI=1S/C28H32N4O3/c1-21(23-8-4-3-5-9-23)17-26(33)31-15-12-28(35,13-16-31)19-32-20-30-25-18-22(7-6-14-29-2)10-11-24(25)27(32)34/h3-5,8-11,18,20-21,29,35H,12-17,19H2,1-2H3/t21-/m1/s1. The number of nitrogens with zero attached hydrogens (tertiary/aromatic N) is 3. The van der Waals surface area contributed by atoms with Gasteiger partial charge in [-0.3, -0.25) is 14.2 Å². The minimum Gasteiger partial charge on any atom is -0.388 e. The van der Waals surface area contributed by atoms with Gasteiger partial charge in [0.25, 0.3) is 5.56 Å².